The molecule has 4 nitrogen and oxygen atoms in total. The normalized spacial score (nSPS) is 11.6. The van der Waals surface area contributed by atoms with Crippen molar-refractivity contribution < 1.29 is 0 Å². The molecule has 0 radical (unpaired) electrons. The summed E-state index contributed by atoms with van der Waals surface area (Å²) < 4.78 is 9.58. The summed E-state index contributed by atoms with van der Waals surface area (Å²) in [7, 11) is 0. The molecule has 0 spiro atoms. The van der Waals surface area contributed by atoms with E-state index < -0.39 is 0 Å². The second kappa shape index (κ2) is 24.4. The minimum Gasteiger partial charge on any atom is -0.309 e. The van der Waals surface area contributed by atoms with Gasteiger partial charge in [0.15, 0.2) is 0 Å². The van der Waals surface area contributed by atoms with Crippen LogP contribution >= 0.6 is 0 Å². The third kappa shape index (κ3) is 10.1. The molecular formula is C96H64N4. The zero-order valence-corrected chi connectivity index (χ0v) is 54.7. The van der Waals surface area contributed by atoms with E-state index in [0.717, 1.165) is 17.1 Å². The van der Waals surface area contributed by atoms with Crippen molar-refractivity contribution >= 4 is 87.2 Å². The summed E-state index contributed by atoms with van der Waals surface area (Å²) in [4.78, 5) is 0. The van der Waals surface area contributed by atoms with Gasteiger partial charge in [0.05, 0.1) is 44.1 Å². The van der Waals surface area contributed by atoms with Gasteiger partial charge in [-0.1, -0.05) is 267 Å². The fourth-order valence-corrected chi connectivity index (χ4v) is 15.5. The Hall–Kier alpha value is -13.3. The van der Waals surface area contributed by atoms with E-state index in [1.165, 1.54) is 160 Å². The Balaban J connectivity index is 0.000000139. The van der Waals surface area contributed by atoms with Crippen LogP contribution in [-0.2, 0) is 0 Å². The average molecular weight is 1270 g/mol. The highest BCUT2D eigenvalue weighted by Gasteiger charge is 2.20. The first kappa shape index (κ1) is 58.1. The van der Waals surface area contributed by atoms with Gasteiger partial charge in [0, 0.05) is 65.8 Å². The van der Waals surface area contributed by atoms with Gasteiger partial charge in [-0.15, -0.1) is 0 Å². The molecule has 20 aromatic rings. The Labute approximate surface area is 579 Å². The number of nitrogens with zero attached hydrogens (tertiary/aromatic N) is 4. The first-order chi connectivity index (χ1) is 49.6. The molecule has 0 saturated carbocycles. The van der Waals surface area contributed by atoms with Crippen LogP contribution in [0.4, 0.5) is 0 Å². The molecule has 0 saturated heterocycles. The van der Waals surface area contributed by atoms with Crippen LogP contribution in [0.25, 0.3) is 177 Å². The third-order valence-corrected chi connectivity index (χ3v) is 20.2. The number of rotatable bonds is 10. The van der Waals surface area contributed by atoms with E-state index in [2.05, 4.69) is 407 Å². The quantitative estimate of drug-likeness (QED) is 0.130. The molecule has 0 aliphatic carbocycles. The largest absolute Gasteiger partial charge is 0.309 e. The third-order valence-electron chi connectivity index (χ3n) is 20.2. The van der Waals surface area contributed by atoms with Gasteiger partial charge in [0.1, 0.15) is 0 Å². The summed E-state index contributed by atoms with van der Waals surface area (Å²) >= 11 is 0. The molecule has 0 amide bonds. The molecule has 0 atom stereocenters. The molecule has 100 heavy (non-hydrogen) atoms. The van der Waals surface area contributed by atoms with Crippen LogP contribution in [0.15, 0.2) is 388 Å². The fraction of sp³-hybridized carbons (Fsp3) is 0. The van der Waals surface area contributed by atoms with E-state index in [-0.39, 0.29) is 0 Å². The second-order valence-corrected chi connectivity index (χ2v) is 26.0. The molecular weight excluding hydrogens is 1210 g/mol. The summed E-state index contributed by atoms with van der Waals surface area (Å²) in [6, 6.07) is 141. The van der Waals surface area contributed by atoms with Crippen molar-refractivity contribution in [3.63, 3.8) is 0 Å². The van der Waals surface area contributed by atoms with Crippen molar-refractivity contribution in [1.29, 1.82) is 0 Å². The second-order valence-electron chi connectivity index (χ2n) is 26.0. The number of hydrogen-bond donors (Lipinski definition) is 0. The maximum atomic E-state index is 2.40. The van der Waals surface area contributed by atoms with E-state index in [0.29, 0.717) is 0 Å². The molecule has 4 aromatic heterocycles. The summed E-state index contributed by atoms with van der Waals surface area (Å²) in [5.74, 6) is 0. The van der Waals surface area contributed by atoms with E-state index >= 15 is 0 Å². The standard InChI is InChI=1S/2C48H32N2/c1-3-13-33(14-4-1)35-17-11-19-39(29-35)49-45-23-9-7-21-41(45)43-31-37(25-27-47(43)49)38-26-28-48-44(32-38)42-22-8-10-24-46(42)50(48)40-20-12-18-36(30-40)34-15-5-2-6-16-34;1-3-11-33(12-4-1)34-19-21-35(22-20-34)36-23-27-40(28-24-36)50-46-18-10-8-16-42(46)44-32-38(26-30-48(44)50)37-25-29-47-43(31-37)41-15-7-9-17-45(41)49(47)39-13-5-2-6-14-39/h2*1-32H. The molecule has 0 fully saturated rings. The molecule has 0 aliphatic rings. The van der Waals surface area contributed by atoms with Crippen LogP contribution in [0, 0.1) is 0 Å². The highest BCUT2D eigenvalue weighted by atomic mass is 15.0. The van der Waals surface area contributed by atoms with Crippen molar-refractivity contribution in [2.45, 2.75) is 0 Å². The molecule has 16 aromatic carbocycles. The molecule has 0 aliphatic heterocycles. The van der Waals surface area contributed by atoms with Gasteiger partial charge >= 0.3 is 0 Å². The first-order valence-electron chi connectivity index (χ1n) is 34.4. The van der Waals surface area contributed by atoms with Crippen molar-refractivity contribution in [2.75, 3.05) is 0 Å². The Bertz CT molecular complexity index is 6270. The maximum absolute atomic E-state index is 2.40. The lowest BCUT2D eigenvalue weighted by atomic mass is 10.00. The smallest absolute Gasteiger partial charge is 0.0541 e. The van der Waals surface area contributed by atoms with E-state index in [1.807, 2.05) is 0 Å². The molecule has 4 heterocycles. The van der Waals surface area contributed by atoms with Crippen molar-refractivity contribution in [3.8, 4) is 89.5 Å². The molecule has 0 bridgehead atoms. The van der Waals surface area contributed by atoms with Gasteiger partial charge < -0.3 is 18.3 Å². The number of aromatic nitrogens is 4. The predicted molar refractivity (Wildman–Crippen MR) is 423 cm³/mol. The zero-order valence-electron chi connectivity index (χ0n) is 54.7. The summed E-state index contributed by atoms with van der Waals surface area (Å²) in [6.07, 6.45) is 0. The Kier molecular flexibility index (Phi) is 14.2. The van der Waals surface area contributed by atoms with Crippen molar-refractivity contribution in [2.24, 2.45) is 0 Å². The number of benzene rings is 16. The van der Waals surface area contributed by atoms with Crippen LogP contribution in [0.5, 0.6) is 0 Å². The minimum atomic E-state index is 1.16. The van der Waals surface area contributed by atoms with Gasteiger partial charge in [-0.2, -0.15) is 0 Å². The van der Waals surface area contributed by atoms with Crippen LogP contribution in [0.2, 0.25) is 0 Å². The predicted octanol–water partition coefficient (Wildman–Crippen LogP) is 25.8. The summed E-state index contributed by atoms with van der Waals surface area (Å²) in [6.45, 7) is 0. The highest BCUT2D eigenvalue weighted by Crippen LogP contribution is 2.42. The van der Waals surface area contributed by atoms with Gasteiger partial charge in [0.2, 0.25) is 0 Å². The molecule has 0 N–H and O–H groups in total. The van der Waals surface area contributed by atoms with E-state index in [9.17, 15) is 0 Å². The number of fused-ring (bicyclic) bond motifs is 12. The van der Waals surface area contributed by atoms with Gasteiger partial charge in [-0.25, -0.2) is 0 Å². The van der Waals surface area contributed by atoms with Crippen molar-refractivity contribution in [3.05, 3.63) is 388 Å². The zero-order chi connectivity index (χ0) is 66.0. The van der Waals surface area contributed by atoms with Crippen LogP contribution < -0.4 is 0 Å². The number of hydrogen-bond acceptors (Lipinski definition) is 0. The minimum absolute atomic E-state index is 1.16. The molecule has 0 unspecified atom stereocenters. The Morgan fingerprint density at radius 3 is 0.640 bits per heavy atom. The Morgan fingerprint density at radius 1 is 0.110 bits per heavy atom. The average Bonchev–Trinajstić information content (AvgIpc) is 1.60. The summed E-state index contributed by atoms with van der Waals surface area (Å²) in [5.41, 5.74) is 29.0. The van der Waals surface area contributed by atoms with Crippen LogP contribution in [0.3, 0.4) is 0 Å². The van der Waals surface area contributed by atoms with Gasteiger partial charge in [0.25, 0.3) is 0 Å². The monoisotopic (exact) mass is 1270 g/mol. The van der Waals surface area contributed by atoms with E-state index in [4.69, 9.17) is 0 Å². The lowest BCUT2D eigenvalue weighted by molar-refractivity contribution is 1.18. The molecule has 4 heteroatoms. The highest BCUT2D eigenvalue weighted by molar-refractivity contribution is 6.15. The SMILES string of the molecule is c1ccc(-c2ccc(-c3ccc(-n4c5ccccc5c5cc(-c6ccc7c(c6)c6ccccc6n7-c6ccccc6)ccc54)cc3)cc2)cc1.c1ccc(-c2cccc(-n3c4ccccc4c4cc(-c5ccc6c(c5)c5ccccc5n6-c5cccc(-c6ccccc6)c5)ccc43)c2)cc1. The van der Waals surface area contributed by atoms with Crippen LogP contribution in [-0.4, -0.2) is 18.3 Å². The van der Waals surface area contributed by atoms with Gasteiger partial charge in [-0.3, -0.25) is 0 Å². The topological polar surface area (TPSA) is 19.7 Å². The number of para-hydroxylation sites is 5. The maximum Gasteiger partial charge on any atom is 0.0541 e. The summed E-state index contributed by atoms with van der Waals surface area (Å²) in [5, 5.41) is 10.1. The molecule has 468 valence electrons. The first-order valence-corrected chi connectivity index (χ1v) is 34.4. The van der Waals surface area contributed by atoms with E-state index in [1.54, 1.807) is 0 Å². The Morgan fingerprint density at radius 2 is 0.310 bits per heavy atom. The van der Waals surface area contributed by atoms with Crippen molar-refractivity contribution in [1.82, 2.24) is 18.3 Å². The van der Waals surface area contributed by atoms with Gasteiger partial charge in [-0.05, 0) is 188 Å². The molecule has 20 rings (SSSR count). The lowest BCUT2D eigenvalue weighted by Gasteiger charge is -2.11. The van der Waals surface area contributed by atoms with Crippen LogP contribution in [0.1, 0.15) is 0 Å². The fourth-order valence-electron chi connectivity index (χ4n) is 15.5. The lowest BCUT2D eigenvalue weighted by Crippen LogP contribution is -1.94.